The molecule has 1 unspecified atom stereocenters. The van der Waals surface area contributed by atoms with Crippen LogP contribution >= 0.6 is 37.2 Å². The zero-order chi connectivity index (χ0) is 18.4. The minimum Gasteiger partial charge on any atom is -0.325 e. The molecule has 3 rings (SSSR count). The first-order chi connectivity index (χ1) is 12.6. The smallest absolute Gasteiger partial charge is 0.241 e. The first-order valence-corrected chi connectivity index (χ1v) is 9.20. The maximum Gasteiger partial charge on any atom is 0.241 e. The van der Waals surface area contributed by atoms with Crippen LogP contribution in [0.1, 0.15) is 11.1 Å². The van der Waals surface area contributed by atoms with Gasteiger partial charge >= 0.3 is 0 Å². The summed E-state index contributed by atoms with van der Waals surface area (Å²) in [6, 6.07) is 17.4. The molecule has 2 aromatic rings. The molecule has 1 fully saturated rings. The van der Waals surface area contributed by atoms with Crippen molar-refractivity contribution in [1.82, 2.24) is 9.80 Å². The third kappa shape index (κ3) is 8.91. The van der Waals surface area contributed by atoms with E-state index in [9.17, 15) is 4.79 Å². The molecule has 5 nitrogen and oxygen atoms in total. The summed E-state index contributed by atoms with van der Waals surface area (Å²) in [5, 5.41) is 2.96. The molecular weight excluding hydrogens is 431 g/mol. The van der Waals surface area contributed by atoms with Crippen molar-refractivity contribution in [3.05, 3.63) is 65.7 Å². The number of hydrogen-bond donors (Lipinski definition) is 2. The number of likely N-dealkylation sites (N-methyl/N-ethyl adjacent to an activating group) is 1. The number of carbonyl (C=O) groups excluding carboxylic acids is 1. The summed E-state index contributed by atoms with van der Waals surface area (Å²) >= 11 is 0. The highest BCUT2D eigenvalue weighted by Gasteiger charge is 2.16. The molecule has 0 aromatic heterocycles. The van der Waals surface area contributed by atoms with Gasteiger partial charge in [0.05, 0.1) is 6.04 Å². The average molecular weight is 462 g/mol. The summed E-state index contributed by atoms with van der Waals surface area (Å²) in [5.41, 5.74) is 9.16. The van der Waals surface area contributed by atoms with Gasteiger partial charge in [-0.3, -0.25) is 9.69 Å². The molecule has 2 aromatic carbocycles. The molecule has 1 aliphatic heterocycles. The van der Waals surface area contributed by atoms with Gasteiger partial charge in [0.25, 0.3) is 0 Å². The number of halogens is 3. The number of carbonyl (C=O) groups is 1. The Labute approximate surface area is 192 Å². The molecule has 29 heavy (non-hydrogen) atoms. The summed E-state index contributed by atoms with van der Waals surface area (Å²) in [7, 11) is 2.16. The minimum absolute atomic E-state index is 0. The molecular formula is C21H31Cl3N4O. The average Bonchev–Trinajstić information content (AvgIpc) is 2.65. The third-order valence-electron chi connectivity index (χ3n) is 4.83. The van der Waals surface area contributed by atoms with Crippen molar-refractivity contribution >= 4 is 48.8 Å². The second-order valence-corrected chi connectivity index (χ2v) is 7.07. The number of nitrogens with two attached hydrogens (primary N) is 1. The number of hydrogen-bond acceptors (Lipinski definition) is 4. The molecule has 1 aliphatic rings. The Hall–Kier alpha value is -1.34. The second-order valence-electron chi connectivity index (χ2n) is 7.07. The Kier molecular flexibility index (Phi) is 13.2. The molecule has 0 saturated carbocycles. The minimum atomic E-state index is -0.557. The van der Waals surface area contributed by atoms with Crippen LogP contribution in [0.3, 0.4) is 0 Å². The highest BCUT2D eigenvalue weighted by Crippen LogP contribution is 2.14. The molecule has 1 amide bonds. The summed E-state index contributed by atoms with van der Waals surface area (Å²) < 4.78 is 0. The Balaban J connectivity index is 0.00000261. The number of rotatable bonds is 6. The van der Waals surface area contributed by atoms with Crippen molar-refractivity contribution in [2.24, 2.45) is 5.73 Å². The predicted octanol–water partition coefficient (Wildman–Crippen LogP) is 3.21. The Morgan fingerprint density at radius 1 is 0.966 bits per heavy atom. The number of anilines is 1. The van der Waals surface area contributed by atoms with Gasteiger partial charge < -0.3 is 16.0 Å². The van der Waals surface area contributed by atoms with Gasteiger partial charge in [-0.05, 0) is 36.7 Å². The van der Waals surface area contributed by atoms with E-state index in [1.165, 1.54) is 5.56 Å². The lowest BCUT2D eigenvalue weighted by Gasteiger charge is -2.32. The second kappa shape index (κ2) is 13.8. The van der Waals surface area contributed by atoms with E-state index in [2.05, 4.69) is 28.2 Å². The molecule has 1 heterocycles. The van der Waals surface area contributed by atoms with Gasteiger partial charge in [0.2, 0.25) is 5.91 Å². The largest absolute Gasteiger partial charge is 0.325 e. The fourth-order valence-corrected chi connectivity index (χ4v) is 3.21. The number of nitrogens with one attached hydrogen (secondary N) is 1. The van der Waals surface area contributed by atoms with E-state index in [1.54, 1.807) is 0 Å². The van der Waals surface area contributed by atoms with Crippen molar-refractivity contribution < 1.29 is 4.79 Å². The van der Waals surface area contributed by atoms with Crippen LogP contribution in [-0.4, -0.2) is 55.0 Å². The standard InChI is InChI=1S/C21H28N4O.3ClH/c1-24-10-12-25(13-11-24)16-18-8-5-9-19(14-18)23-21(26)20(22)15-17-6-3-2-4-7-17;;;/h2-9,14,20H,10-13,15-16,22H2,1H3,(H,23,26);3*1H. The Bertz CT molecular complexity index is 725. The summed E-state index contributed by atoms with van der Waals surface area (Å²) in [5.74, 6) is -0.148. The monoisotopic (exact) mass is 460 g/mol. The van der Waals surface area contributed by atoms with Crippen LogP contribution in [0.5, 0.6) is 0 Å². The van der Waals surface area contributed by atoms with E-state index < -0.39 is 6.04 Å². The van der Waals surface area contributed by atoms with Gasteiger partial charge in [-0.1, -0.05) is 42.5 Å². The Morgan fingerprint density at radius 3 is 2.24 bits per heavy atom. The van der Waals surface area contributed by atoms with Gasteiger partial charge in [-0.2, -0.15) is 0 Å². The lowest BCUT2D eigenvalue weighted by Crippen LogP contribution is -2.43. The normalized spacial score (nSPS) is 15.2. The first-order valence-electron chi connectivity index (χ1n) is 9.20. The molecule has 162 valence electrons. The zero-order valence-electron chi connectivity index (χ0n) is 16.6. The van der Waals surface area contributed by atoms with Crippen LogP contribution < -0.4 is 11.1 Å². The molecule has 1 atom stereocenters. The molecule has 0 spiro atoms. The van der Waals surface area contributed by atoms with Crippen molar-refractivity contribution in [2.75, 3.05) is 38.5 Å². The van der Waals surface area contributed by atoms with Crippen LogP contribution in [0.4, 0.5) is 5.69 Å². The topological polar surface area (TPSA) is 61.6 Å². The highest BCUT2D eigenvalue weighted by atomic mass is 35.5. The zero-order valence-corrected chi connectivity index (χ0v) is 19.1. The SMILES string of the molecule is CN1CCN(Cc2cccc(NC(=O)C(N)Cc3ccccc3)c2)CC1.Cl.Cl.Cl. The van der Waals surface area contributed by atoms with E-state index in [4.69, 9.17) is 5.73 Å². The molecule has 0 aliphatic carbocycles. The summed E-state index contributed by atoms with van der Waals surface area (Å²) in [6.07, 6.45) is 0.535. The van der Waals surface area contributed by atoms with Gasteiger partial charge in [-0.15, -0.1) is 37.2 Å². The number of piperazine rings is 1. The van der Waals surface area contributed by atoms with Crippen LogP contribution in [0.2, 0.25) is 0 Å². The maximum absolute atomic E-state index is 12.4. The van der Waals surface area contributed by atoms with Crippen LogP contribution in [0.15, 0.2) is 54.6 Å². The van der Waals surface area contributed by atoms with E-state index in [0.717, 1.165) is 44.0 Å². The quantitative estimate of drug-likeness (QED) is 0.693. The number of amides is 1. The maximum atomic E-state index is 12.4. The Morgan fingerprint density at radius 2 is 1.59 bits per heavy atom. The van der Waals surface area contributed by atoms with Crippen LogP contribution in [0.25, 0.3) is 0 Å². The molecule has 1 saturated heterocycles. The lowest BCUT2D eigenvalue weighted by atomic mass is 10.1. The van der Waals surface area contributed by atoms with Crippen molar-refractivity contribution in [3.63, 3.8) is 0 Å². The van der Waals surface area contributed by atoms with Crippen LogP contribution in [0, 0.1) is 0 Å². The van der Waals surface area contributed by atoms with E-state index >= 15 is 0 Å². The van der Waals surface area contributed by atoms with E-state index in [1.807, 2.05) is 48.5 Å². The van der Waals surface area contributed by atoms with Gasteiger partial charge in [0.1, 0.15) is 0 Å². The van der Waals surface area contributed by atoms with Crippen molar-refractivity contribution in [2.45, 2.75) is 19.0 Å². The van der Waals surface area contributed by atoms with E-state index in [0.29, 0.717) is 6.42 Å². The predicted molar refractivity (Wildman–Crippen MR) is 128 cm³/mol. The molecule has 0 bridgehead atoms. The van der Waals surface area contributed by atoms with Gasteiger partial charge in [0, 0.05) is 38.4 Å². The molecule has 8 heteroatoms. The van der Waals surface area contributed by atoms with Crippen LogP contribution in [-0.2, 0) is 17.8 Å². The number of benzene rings is 2. The third-order valence-corrected chi connectivity index (χ3v) is 4.83. The molecule has 0 radical (unpaired) electrons. The van der Waals surface area contributed by atoms with E-state index in [-0.39, 0.29) is 43.1 Å². The highest BCUT2D eigenvalue weighted by molar-refractivity contribution is 5.94. The number of nitrogens with zero attached hydrogens (tertiary/aromatic N) is 2. The summed E-state index contributed by atoms with van der Waals surface area (Å²) in [4.78, 5) is 17.2. The van der Waals surface area contributed by atoms with Crippen molar-refractivity contribution in [3.8, 4) is 0 Å². The van der Waals surface area contributed by atoms with Gasteiger partial charge in [-0.25, -0.2) is 0 Å². The lowest BCUT2D eigenvalue weighted by molar-refractivity contribution is -0.117. The summed E-state index contributed by atoms with van der Waals surface area (Å²) in [6.45, 7) is 5.27. The van der Waals surface area contributed by atoms with Crippen molar-refractivity contribution in [1.29, 1.82) is 0 Å². The van der Waals surface area contributed by atoms with Gasteiger partial charge in [0.15, 0.2) is 0 Å². The fourth-order valence-electron chi connectivity index (χ4n) is 3.21. The molecule has 3 N–H and O–H groups in total. The first kappa shape index (κ1) is 27.7. The fraction of sp³-hybridized carbons (Fsp3) is 0.381.